The normalized spacial score (nSPS) is 11.5. The molecule has 9 heteroatoms. The van der Waals surface area contributed by atoms with E-state index in [1.54, 1.807) is 35.9 Å². The summed E-state index contributed by atoms with van der Waals surface area (Å²) >= 11 is 0. The number of hydrogen-bond acceptors (Lipinski definition) is 5. The standard InChI is InChI=1S/C24H25N5O3S/c1-14-5-8-18(13-21(14)28-33(4,31)32)26-24(30)16-6-10-22-20(12-16)23(27-29(22)3)19-9-7-17(25)11-15(19)2/h5-13,28H,25H2,1-4H3,(H,26,30). The number of anilines is 3. The second-order valence-corrected chi connectivity index (χ2v) is 9.89. The summed E-state index contributed by atoms with van der Waals surface area (Å²) in [5, 5.41) is 8.36. The van der Waals surface area contributed by atoms with Gasteiger partial charge in [-0.3, -0.25) is 14.2 Å². The minimum absolute atomic E-state index is 0.310. The largest absolute Gasteiger partial charge is 0.399 e. The number of rotatable bonds is 5. The molecule has 4 N–H and O–H groups in total. The SMILES string of the molecule is Cc1ccc(NC(=O)c2ccc3c(c2)c(-c2ccc(N)cc2C)nn3C)cc1NS(C)(=O)=O. The van der Waals surface area contributed by atoms with E-state index in [1.807, 2.05) is 44.3 Å². The molecule has 4 rings (SSSR count). The van der Waals surface area contributed by atoms with Crippen molar-refractivity contribution >= 4 is 43.9 Å². The van der Waals surface area contributed by atoms with Crippen molar-refractivity contribution < 1.29 is 13.2 Å². The minimum Gasteiger partial charge on any atom is -0.399 e. The predicted molar refractivity (Wildman–Crippen MR) is 133 cm³/mol. The zero-order chi connectivity index (χ0) is 23.9. The quantitative estimate of drug-likeness (QED) is 0.386. The van der Waals surface area contributed by atoms with Gasteiger partial charge in [-0.1, -0.05) is 12.1 Å². The van der Waals surface area contributed by atoms with Crippen LogP contribution in [0.2, 0.25) is 0 Å². The third-order valence-electron chi connectivity index (χ3n) is 5.41. The lowest BCUT2D eigenvalue weighted by molar-refractivity contribution is 0.102. The fourth-order valence-corrected chi connectivity index (χ4v) is 4.39. The van der Waals surface area contributed by atoms with Gasteiger partial charge in [0.25, 0.3) is 5.91 Å². The smallest absolute Gasteiger partial charge is 0.255 e. The highest BCUT2D eigenvalue weighted by atomic mass is 32.2. The Bertz CT molecular complexity index is 1510. The average Bonchev–Trinajstić information content (AvgIpc) is 3.05. The van der Waals surface area contributed by atoms with Crippen LogP contribution < -0.4 is 15.8 Å². The van der Waals surface area contributed by atoms with Crippen molar-refractivity contribution in [3.05, 3.63) is 71.3 Å². The minimum atomic E-state index is -3.44. The van der Waals surface area contributed by atoms with Gasteiger partial charge < -0.3 is 11.1 Å². The molecule has 3 aromatic carbocycles. The molecule has 8 nitrogen and oxygen atoms in total. The van der Waals surface area contributed by atoms with E-state index in [0.29, 0.717) is 22.6 Å². The number of nitrogen functional groups attached to an aromatic ring is 1. The Hall–Kier alpha value is -3.85. The summed E-state index contributed by atoms with van der Waals surface area (Å²) in [4.78, 5) is 13.0. The van der Waals surface area contributed by atoms with E-state index < -0.39 is 10.0 Å². The van der Waals surface area contributed by atoms with Gasteiger partial charge in [0, 0.05) is 34.9 Å². The molecule has 0 saturated heterocycles. The molecule has 1 amide bonds. The maximum atomic E-state index is 13.0. The molecule has 33 heavy (non-hydrogen) atoms. The topological polar surface area (TPSA) is 119 Å². The Balaban J connectivity index is 1.69. The van der Waals surface area contributed by atoms with Crippen molar-refractivity contribution in [2.75, 3.05) is 22.0 Å². The van der Waals surface area contributed by atoms with E-state index in [-0.39, 0.29) is 5.91 Å². The van der Waals surface area contributed by atoms with Gasteiger partial charge in [0.2, 0.25) is 10.0 Å². The first-order valence-electron chi connectivity index (χ1n) is 10.2. The fraction of sp³-hybridized carbons (Fsp3) is 0.167. The molecule has 0 bridgehead atoms. The van der Waals surface area contributed by atoms with Crippen LogP contribution in [0, 0.1) is 13.8 Å². The van der Waals surface area contributed by atoms with Crippen LogP contribution in [-0.4, -0.2) is 30.4 Å². The molecule has 1 aromatic heterocycles. The highest BCUT2D eigenvalue weighted by Crippen LogP contribution is 2.32. The van der Waals surface area contributed by atoms with E-state index in [1.165, 1.54) is 0 Å². The lowest BCUT2D eigenvalue weighted by Crippen LogP contribution is -2.14. The Kier molecular flexibility index (Phi) is 5.59. The fourth-order valence-electron chi connectivity index (χ4n) is 3.77. The first-order chi connectivity index (χ1) is 15.5. The second kappa shape index (κ2) is 8.25. The molecule has 170 valence electrons. The Morgan fingerprint density at radius 1 is 1.00 bits per heavy atom. The number of hydrogen-bond donors (Lipinski definition) is 3. The first kappa shape index (κ1) is 22.3. The lowest BCUT2D eigenvalue weighted by atomic mass is 10.0. The monoisotopic (exact) mass is 463 g/mol. The van der Waals surface area contributed by atoms with E-state index in [9.17, 15) is 13.2 Å². The molecule has 0 radical (unpaired) electrons. The van der Waals surface area contributed by atoms with Crippen molar-refractivity contribution in [2.24, 2.45) is 7.05 Å². The van der Waals surface area contributed by atoms with Crippen molar-refractivity contribution in [2.45, 2.75) is 13.8 Å². The van der Waals surface area contributed by atoms with Crippen molar-refractivity contribution in [3.63, 3.8) is 0 Å². The number of nitrogens with two attached hydrogens (primary N) is 1. The van der Waals surface area contributed by atoms with E-state index in [2.05, 4.69) is 15.1 Å². The number of amides is 1. The van der Waals surface area contributed by atoms with E-state index in [0.717, 1.165) is 39.5 Å². The second-order valence-electron chi connectivity index (χ2n) is 8.14. The molecule has 4 aromatic rings. The maximum Gasteiger partial charge on any atom is 0.255 e. The Morgan fingerprint density at radius 3 is 2.45 bits per heavy atom. The van der Waals surface area contributed by atoms with Crippen molar-refractivity contribution in [1.82, 2.24) is 9.78 Å². The van der Waals surface area contributed by atoms with Crippen LogP contribution in [0.1, 0.15) is 21.5 Å². The van der Waals surface area contributed by atoms with Crippen molar-refractivity contribution in [1.29, 1.82) is 0 Å². The van der Waals surface area contributed by atoms with E-state index >= 15 is 0 Å². The first-order valence-corrected chi connectivity index (χ1v) is 12.1. The number of sulfonamides is 1. The molecular formula is C24H25N5O3S. The molecule has 0 aliphatic heterocycles. The molecular weight excluding hydrogens is 438 g/mol. The third-order valence-corrected chi connectivity index (χ3v) is 6.00. The van der Waals surface area contributed by atoms with Gasteiger partial charge in [0.05, 0.1) is 17.5 Å². The van der Waals surface area contributed by atoms with Crippen LogP contribution in [0.25, 0.3) is 22.2 Å². The molecule has 0 unspecified atom stereocenters. The van der Waals surface area contributed by atoms with Crippen LogP contribution in [0.15, 0.2) is 54.6 Å². The van der Waals surface area contributed by atoms with Gasteiger partial charge in [0.1, 0.15) is 5.69 Å². The van der Waals surface area contributed by atoms with Gasteiger partial charge in [-0.05, 0) is 67.4 Å². The molecule has 0 spiro atoms. The lowest BCUT2D eigenvalue weighted by Gasteiger charge is -2.11. The number of nitrogens with one attached hydrogen (secondary N) is 2. The van der Waals surface area contributed by atoms with Gasteiger partial charge in [-0.15, -0.1) is 0 Å². The van der Waals surface area contributed by atoms with Crippen LogP contribution in [-0.2, 0) is 17.1 Å². The van der Waals surface area contributed by atoms with Gasteiger partial charge in [0.15, 0.2) is 0 Å². The van der Waals surface area contributed by atoms with Crippen LogP contribution >= 0.6 is 0 Å². The van der Waals surface area contributed by atoms with Crippen LogP contribution in [0.5, 0.6) is 0 Å². The summed E-state index contributed by atoms with van der Waals surface area (Å²) in [6, 6.07) is 16.1. The number of benzene rings is 3. The molecule has 1 heterocycles. The average molecular weight is 464 g/mol. The molecule has 0 saturated carbocycles. The summed E-state index contributed by atoms with van der Waals surface area (Å²) < 4.78 is 27.5. The summed E-state index contributed by atoms with van der Waals surface area (Å²) in [5.41, 5.74) is 12.3. The number of nitrogens with zero attached hydrogens (tertiary/aromatic N) is 2. The zero-order valence-corrected chi connectivity index (χ0v) is 19.6. The molecule has 0 atom stereocenters. The van der Waals surface area contributed by atoms with Gasteiger partial charge in [-0.2, -0.15) is 5.10 Å². The van der Waals surface area contributed by atoms with Crippen LogP contribution in [0.4, 0.5) is 17.1 Å². The molecule has 0 aliphatic carbocycles. The Morgan fingerprint density at radius 2 is 1.76 bits per heavy atom. The van der Waals surface area contributed by atoms with Gasteiger partial charge in [-0.25, -0.2) is 8.42 Å². The van der Waals surface area contributed by atoms with Crippen LogP contribution in [0.3, 0.4) is 0 Å². The highest BCUT2D eigenvalue weighted by molar-refractivity contribution is 7.92. The summed E-state index contributed by atoms with van der Waals surface area (Å²) in [7, 11) is -1.57. The number of fused-ring (bicyclic) bond motifs is 1. The number of aryl methyl sites for hydroxylation is 3. The summed E-state index contributed by atoms with van der Waals surface area (Å²) in [5.74, 6) is -0.310. The summed E-state index contributed by atoms with van der Waals surface area (Å²) in [6.07, 6.45) is 1.08. The molecule has 0 fully saturated rings. The Labute approximate surface area is 192 Å². The highest BCUT2D eigenvalue weighted by Gasteiger charge is 2.16. The van der Waals surface area contributed by atoms with Crippen molar-refractivity contribution in [3.8, 4) is 11.3 Å². The summed E-state index contributed by atoms with van der Waals surface area (Å²) in [6.45, 7) is 3.76. The third kappa shape index (κ3) is 4.68. The van der Waals surface area contributed by atoms with E-state index in [4.69, 9.17) is 5.73 Å². The maximum absolute atomic E-state index is 13.0. The number of carbonyl (C=O) groups is 1. The number of aromatic nitrogens is 2. The van der Waals surface area contributed by atoms with Gasteiger partial charge >= 0.3 is 0 Å². The predicted octanol–water partition coefficient (Wildman–Crippen LogP) is 4.06. The number of carbonyl (C=O) groups excluding carboxylic acids is 1. The zero-order valence-electron chi connectivity index (χ0n) is 18.8. The molecule has 0 aliphatic rings.